The van der Waals surface area contributed by atoms with Gasteiger partial charge in [0, 0.05) is 5.69 Å². The van der Waals surface area contributed by atoms with Crippen molar-refractivity contribution in [2.24, 2.45) is 5.41 Å². The molecular weight excluding hydrogens is 264 g/mol. The normalized spacial score (nSPS) is 13.5. The smallest absolute Gasteiger partial charge is 0.168 e. The molecule has 0 radical (unpaired) electrons. The van der Waals surface area contributed by atoms with Crippen LogP contribution in [0.25, 0.3) is 16.9 Å². The molecule has 0 aliphatic carbocycles. The molecule has 0 saturated carbocycles. The molecular formula is C16H18N4O. The van der Waals surface area contributed by atoms with Crippen LogP contribution >= 0.6 is 0 Å². The number of imidazole rings is 1. The highest BCUT2D eigenvalue weighted by atomic mass is 16.3. The molecule has 1 N–H and O–H groups in total. The highest BCUT2D eigenvalue weighted by molar-refractivity contribution is 5.73. The zero-order valence-electron chi connectivity index (χ0n) is 12.4. The standard InChI is InChI=1S/C16H18N4O/c1-16(2,3)13(21)15-19-12-9-17-10-18-14(12)20(15)11-7-5-4-6-8-11/h4-10,13,21H,1-3H3. The van der Waals surface area contributed by atoms with Crippen molar-refractivity contribution in [3.8, 4) is 5.69 Å². The van der Waals surface area contributed by atoms with Gasteiger partial charge in [0.2, 0.25) is 0 Å². The van der Waals surface area contributed by atoms with Crippen LogP contribution in [0.15, 0.2) is 42.9 Å². The Morgan fingerprint density at radius 3 is 2.52 bits per heavy atom. The minimum Gasteiger partial charge on any atom is -0.385 e. The van der Waals surface area contributed by atoms with E-state index in [0.29, 0.717) is 17.0 Å². The Morgan fingerprint density at radius 1 is 1.14 bits per heavy atom. The van der Waals surface area contributed by atoms with Crippen LogP contribution in [-0.4, -0.2) is 24.6 Å². The summed E-state index contributed by atoms with van der Waals surface area (Å²) in [5, 5.41) is 10.7. The third-order valence-electron chi connectivity index (χ3n) is 3.43. The first kappa shape index (κ1) is 13.7. The van der Waals surface area contributed by atoms with E-state index in [4.69, 9.17) is 0 Å². The van der Waals surface area contributed by atoms with Crippen molar-refractivity contribution in [2.45, 2.75) is 26.9 Å². The second kappa shape index (κ2) is 4.93. The van der Waals surface area contributed by atoms with Crippen LogP contribution in [0.5, 0.6) is 0 Å². The molecule has 1 unspecified atom stereocenters. The summed E-state index contributed by atoms with van der Waals surface area (Å²) in [5.74, 6) is 0.587. The highest BCUT2D eigenvalue weighted by Gasteiger charge is 2.30. The van der Waals surface area contributed by atoms with Crippen LogP contribution in [0.4, 0.5) is 0 Å². The van der Waals surface area contributed by atoms with E-state index in [1.54, 1.807) is 6.20 Å². The SMILES string of the molecule is CC(C)(C)C(O)c1nc2cncnc2n1-c1ccccc1. The molecule has 21 heavy (non-hydrogen) atoms. The molecule has 2 aromatic heterocycles. The molecule has 2 heterocycles. The highest BCUT2D eigenvalue weighted by Crippen LogP contribution is 2.34. The lowest BCUT2D eigenvalue weighted by atomic mass is 9.88. The average molecular weight is 282 g/mol. The summed E-state index contributed by atoms with van der Waals surface area (Å²) >= 11 is 0. The van der Waals surface area contributed by atoms with Gasteiger partial charge in [-0.2, -0.15) is 0 Å². The maximum absolute atomic E-state index is 10.7. The van der Waals surface area contributed by atoms with Gasteiger partial charge in [0.25, 0.3) is 0 Å². The van der Waals surface area contributed by atoms with Crippen molar-refractivity contribution >= 4 is 11.2 Å². The number of para-hydroxylation sites is 1. The summed E-state index contributed by atoms with van der Waals surface area (Å²) in [6, 6.07) is 9.81. The van der Waals surface area contributed by atoms with E-state index in [1.165, 1.54) is 6.33 Å². The van der Waals surface area contributed by atoms with Crippen LogP contribution in [0.2, 0.25) is 0 Å². The number of hydrogen-bond acceptors (Lipinski definition) is 4. The Morgan fingerprint density at radius 2 is 1.86 bits per heavy atom. The molecule has 5 heteroatoms. The minimum atomic E-state index is -0.702. The van der Waals surface area contributed by atoms with E-state index in [-0.39, 0.29) is 5.41 Å². The van der Waals surface area contributed by atoms with Crippen molar-refractivity contribution in [1.82, 2.24) is 19.5 Å². The van der Waals surface area contributed by atoms with E-state index in [2.05, 4.69) is 15.0 Å². The van der Waals surface area contributed by atoms with Gasteiger partial charge in [0.1, 0.15) is 23.8 Å². The summed E-state index contributed by atoms with van der Waals surface area (Å²) in [7, 11) is 0. The summed E-state index contributed by atoms with van der Waals surface area (Å²) in [4.78, 5) is 12.9. The molecule has 3 rings (SSSR count). The van der Waals surface area contributed by atoms with Gasteiger partial charge in [-0.25, -0.2) is 15.0 Å². The molecule has 0 spiro atoms. The van der Waals surface area contributed by atoms with Crippen molar-refractivity contribution < 1.29 is 5.11 Å². The summed E-state index contributed by atoms with van der Waals surface area (Å²) < 4.78 is 1.90. The molecule has 108 valence electrons. The second-order valence-corrected chi connectivity index (χ2v) is 6.14. The van der Waals surface area contributed by atoms with Crippen molar-refractivity contribution in [1.29, 1.82) is 0 Å². The summed E-state index contributed by atoms with van der Waals surface area (Å²) in [6.45, 7) is 5.95. The van der Waals surface area contributed by atoms with Gasteiger partial charge < -0.3 is 5.11 Å². The lowest BCUT2D eigenvalue weighted by molar-refractivity contribution is 0.0540. The summed E-state index contributed by atoms with van der Waals surface area (Å²) in [5.41, 5.74) is 1.99. The fourth-order valence-electron chi connectivity index (χ4n) is 2.25. The van der Waals surface area contributed by atoms with E-state index in [9.17, 15) is 5.11 Å². The lowest BCUT2D eigenvalue weighted by Crippen LogP contribution is -2.21. The third-order valence-corrected chi connectivity index (χ3v) is 3.43. The van der Waals surface area contributed by atoms with Crippen LogP contribution in [0.3, 0.4) is 0 Å². The number of aliphatic hydroxyl groups is 1. The molecule has 1 atom stereocenters. The maximum Gasteiger partial charge on any atom is 0.168 e. The second-order valence-electron chi connectivity index (χ2n) is 6.14. The topological polar surface area (TPSA) is 63.8 Å². The van der Waals surface area contributed by atoms with Crippen molar-refractivity contribution in [2.75, 3.05) is 0 Å². The van der Waals surface area contributed by atoms with Gasteiger partial charge in [0.05, 0.1) is 6.20 Å². The Hall–Kier alpha value is -2.27. The maximum atomic E-state index is 10.7. The Balaban J connectivity index is 2.30. The number of nitrogens with zero attached hydrogens (tertiary/aromatic N) is 4. The fraction of sp³-hybridized carbons (Fsp3) is 0.312. The largest absolute Gasteiger partial charge is 0.385 e. The molecule has 3 aromatic rings. The molecule has 0 aliphatic heterocycles. The first-order chi connectivity index (χ1) is 9.98. The Bertz CT molecular complexity index is 759. The van der Waals surface area contributed by atoms with Crippen LogP contribution in [0, 0.1) is 5.41 Å². The van der Waals surface area contributed by atoms with E-state index in [1.807, 2.05) is 55.7 Å². The first-order valence-electron chi connectivity index (χ1n) is 6.90. The number of fused-ring (bicyclic) bond motifs is 1. The predicted octanol–water partition coefficient (Wildman–Crippen LogP) is 2.90. The third kappa shape index (κ3) is 2.40. The molecule has 0 saturated heterocycles. The molecule has 5 nitrogen and oxygen atoms in total. The quantitative estimate of drug-likeness (QED) is 0.785. The van der Waals surface area contributed by atoms with Crippen LogP contribution in [-0.2, 0) is 0 Å². The zero-order chi connectivity index (χ0) is 15.0. The van der Waals surface area contributed by atoms with Crippen molar-refractivity contribution in [3.05, 3.63) is 48.7 Å². The molecule has 0 fully saturated rings. The number of benzene rings is 1. The van der Waals surface area contributed by atoms with E-state index < -0.39 is 6.10 Å². The summed E-state index contributed by atoms with van der Waals surface area (Å²) in [6.07, 6.45) is 2.46. The fourth-order valence-corrected chi connectivity index (χ4v) is 2.25. The van der Waals surface area contributed by atoms with Crippen LogP contribution in [0.1, 0.15) is 32.7 Å². The average Bonchev–Trinajstić information content (AvgIpc) is 2.85. The lowest BCUT2D eigenvalue weighted by Gasteiger charge is -2.25. The number of rotatable bonds is 2. The minimum absolute atomic E-state index is 0.318. The van der Waals surface area contributed by atoms with Gasteiger partial charge in [-0.15, -0.1) is 0 Å². The van der Waals surface area contributed by atoms with Crippen LogP contribution < -0.4 is 0 Å². The number of aromatic nitrogens is 4. The van der Waals surface area contributed by atoms with Gasteiger partial charge in [-0.1, -0.05) is 39.0 Å². The van der Waals surface area contributed by atoms with Gasteiger partial charge in [-0.05, 0) is 17.5 Å². The van der Waals surface area contributed by atoms with Gasteiger partial charge in [0.15, 0.2) is 5.65 Å². The van der Waals surface area contributed by atoms with E-state index in [0.717, 1.165) is 5.69 Å². The first-order valence-corrected chi connectivity index (χ1v) is 6.90. The molecule has 0 bridgehead atoms. The van der Waals surface area contributed by atoms with Gasteiger partial charge in [-0.3, -0.25) is 4.57 Å². The number of aliphatic hydroxyl groups excluding tert-OH is 1. The Kier molecular flexibility index (Phi) is 3.22. The molecule has 0 aliphatic rings. The number of hydrogen-bond donors (Lipinski definition) is 1. The monoisotopic (exact) mass is 282 g/mol. The van der Waals surface area contributed by atoms with Crippen molar-refractivity contribution in [3.63, 3.8) is 0 Å². The zero-order valence-corrected chi connectivity index (χ0v) is 12.4. The van der Waals surface area contributed by atoms with E-state index >= 15 is 0 Å². The Labute approximate surface area is 123 Å². The van der Waals surface area contributed by atoms with Gasteiger partial charge >= 0.3 is 0 Å². The predicted molar refractivity (Wildman–Crippen MR) is 81.1 cm³/mol. The molecule has 1 aromatic carbocycles. The molecule has 0 amide bonds.